The molecule has 2 fully saturated rings. The Morgan fingerprint density at radius 3 is 2.87 bits per heavy atom. The van der Waals surface area contributed by atoms with Crippen molar-refractivity contribution in [3.63, 3.8) is 0 Å². The van der Waals surface area contributed by atoms with E-state index in [0.29, 0.717) is 31.8 Å². The molecule has 2 amide bonds. The van der Waals surface area contributed by atoms with Crippen LogP contribution in [0.5, 0.6) is 0 Å². The number of hydrogen-bond donors (Lipinski definition) is 0. The van der Waals surface area contributed by atoms with E-state index in [1.807, 2.05) is 23.1 Å². The summed E-state index contributed by atoms with van der Waals surface area (Å²) in [7, 11) is 1.78. The van der Waals surface area contributed by atoms with Crippen molar-refractivity contribution < 1.29 is 14.3 Å². The molecule has 8 nitrogen and oxygen atoms in total. The van der Waals surface area contributed by atoms with E-state index in [4.69, 9.17) is 4.74 Å². The number of aromatic nitrogens is 3. The van der Waals surface area contributed by atoms with Crippen LogP contribution in [0.4, 0.5) is 0 Å². The highest BCUT2D eigenvalue weighted by Crippen LogP contribution is 2.34. The van der Waals surface area contributed by atoms with Crippen LogP contribution in [0.3, 0.4) is 0 Å². The molecule has 0 bridgehead atoms. The maximum atomic E-state index is 12.8. The van der Waals surface area contributed by atoms with Crippen molar-refractivity contribution in [2.45, 2.75) is 44.4 Å². The highest BCUT2D eigenvalue weighted by molar-refractivity contribution is 5.81. The molecule has 0 aromatic carbocycles. The lowest BCUT2D eigenvalue weighted by Gasteiger charge is -2.34. The largest absolute Gasteiger partial charge is 0.363 e. The summed E-state index contributed by atoms with van der Waals surface area (Å²) in [5.74, 6) is 0.425. The van der Waals surface area contributed by atoms with Crippen LogP contribution in [-0.2, 0) is 27.3 Å². The molecule has 2 aromatic heterocycles. The Balaban J connectivity index is 1.28. The van der Waals surface area contributed by atoms with Crippen molar-refractivity contribution in [2.75, 3.05) is 20.1 Å². The Morgan fingerprint density at radius 1 is 1.27 bits per heavy atom. The summed E-state index contributed by atoms with van der Waals surface area (Å²) in [6.07, 6.45) is 8.84. The third-order valence-electron chi connectivity index (χ3n) is 5.92. The number of aryl methyl sites for hydroxylation is 1. The number of likely N-dealkylation sites (N-methyl/N-ethyl adjacent to an activating group) is 1. The summed E-state index contributed by atoms with van der Waals surface area (Å²) in [6.45, 7) is 1.74. The van der Waals surface area contributed by atoms with Gasteiger partial charge in [0.25, 0.3) is 5.91 Å². The first-order valence-electron chi connectivity index (χ1n) is 10.4. The molecular weight excluding hydrogens is 382 g/mol. The smallest absolute Gasteiger partial charge is 0.251 e. The first-order valence-corrected chi connectivity index (χ1v) is 10.4. The van der Waals surface area contributed by atoms with Crippen molar-refractivity contribution in [1.29, 1.82) is 0 Å². The minimum atomic E-state index is -0.440. The van der Waals surface area contributed by atoms with Gasteiger partial charge < -0.3 is 14.5 Å². The SMILES string of the molecule is CN(Cc1ccccn1)C(=O)C1C[C@@H]2CCN(C(=O)CCc3cncnc3)C[C@@H]2O1. The van der Waals surface area contributed by atoms with Crippen molar-refractivity contribution in [3.05, 3.63) is 54.4 Å². The van der Waals surface area contributed by atoms with Gasteiger partial charge in [0.05, 0.1) is 18.3 Å². The maximum absolute atomic E-state index is 12.8. The van der Waals surface area contributed by atoms with E-state index in [1.54, 1.807) is 30.5 Å². The zero-order valence-electron chi connectivity index (χ0n) is 17.2. The number of carbonyl (C=O) groups is 2. The normalized spacial score (nSPS) is 23.1. The van der Waals surface area contributed by atoms with E-state index >= 15 is 0 Å². The Hall–Kier alpha value is -2.87. The fourth-order valence-corrected chi connectivity index (χ4v) is 4.24. The summed E-state index contributed by atoms with van der Waals surface area (Å²) in [5, 5.41) is 0. The first kappa shape index (κ1) is 20.4. The lowest BCUT2D eigenvalue weighted by Crippen LogP contribution is -2.45. The molecule has 0 radical (unpaired) electrons. The second-order valence-electron chi connectivity index (χ2n) is 8.05. The highest BCUT2D eigenvalue weighted by atomic mass is 16.5. The molecular formula is C22H27N5O3. The number of nitrogens with zero attached hydrogens (tertiary/aromatic N) is 5. The topological polar surface area (TPSA) is 88.5 Å². The highest BCUT2D eigenvalue weighted by Gasteiger charge is 2.43. The maximum Gasteiger partial charge on any atom is 0.251 e. The number of amides is 2. The molecule has 8 heteroatoms. The Kier molecular flexibility index (Phi) is 6.32. The number of hydrogen-bond acceptors (Lipinski definition) is 6. The van der Waals surface area contributed by atoms with E-state index in [0.717, 1.165) is 30.6 Å². The third-order valence-corrected chi connectivity index (χ3v) is 5.92. The van der Waals surface area contributed by atoms with E-state index in [2.05, 4.69) is 15.0 Å². The molecule has 1 unspecified atom stereocenters. The summed E-state index contributed by atoms with van der Waals surface area (Å²) in [5.41, 5.74) is 1.81. The number of carbonyl (C=O) groups excluding carboxylic acids is 2. The average Bonchev–Trinajstić information content (AvgIpc) is 3.21. The Morgan fingerprint density at radius 2 is 2.10 bits per heavy atom. The number of ether oxygens (including phenoxy) is 1. The van der Waals surface area contributed by atoms with E-state index in [1.165, 1.54) is 6.33 Å². The molecule has 0 aliphatic carbocycles. The number of likely N-dealkylation sites (tertiary alicyclic amines) is 1. The molecule has 0 saturated carbocycles. The van der Waals surface area contributed by atoms with Gasteiger partial charge in [0.2, 0.25) is 5.91 Å². The molecule has 2 aliphatic rings. The van der Waals surface area contributed by atoms with Gasteiger partial charge in [-0.15, -0.1) is 0 Å². The average molecular weight is 409 g/mol. The van der Waals surface area contributed by atoms with Crippen LogP contribution < -0.4 is 0 Å². The second-order valence-corrected chi connectivity index (χ2v) is 8.05. The molecule has 3 atom stereocenters. The van der Waals surface area contributed by atoms with Crippen LogP contribution in [0, 0.1) is 5.92 Å². The molecule has 4 rings (SSSR count). The number of piperidine rings is 1. The van der Waals surface area contributed by atoms with Gasteiger partial charge in [-0.25, -0.2) is 9.97 Å². The predicted octanol–water partition coefficient (Wildman–Crippen LogP) is 1.47. The fourth-order valence-electron chi connectivity index (χ4n) is 4.24. The molecule has 158 valence electrons. The van der Waals surface area contributed by atoms with Crippen molar-refractivity contribution in [3.8, 4) is 0 Å². The molecule has 30 heavy (non-hydrogen) atoms. The predicted molar refractivity (Wildman–Crippen MR) is 109 cm³/mol. The van der Waals surface area contributed by atoms with Gasteiger partial charge in [0.15, 0.2) is 0 Å². The summed E-state index contributed by atoms with van der Waals surface area (Å²) >= 11 is 0. The quantitative estimate of drug-likeness (QED) is 0.718. The van der Waals surface area contributed by atoms with Crippen LogP contribution >= 0.6 is 0 Å². The molecule has 0 N–H and O–H groups in total. The van der Waals surface area contributed by atoms with Crippen LogP contribution in [0.1, 0.15) is 30.5 Å². The Labute approximate surface area is 176 Å². The molecule has 2 aromatic rings. The van der Waals surface area contributed by atoms with Gasteiger partial charge in [-0.3, -0.25) is 14.6 Å². The van der Waals surface area contributed by atoms with E-state index in [-0.39, 0.29) is 17.9 Å². The van der Waals surface area contributed by atoms with Crippen LogP contribution in [0.25, 0.3) is 0 Å². The van der Waals surface area contributed by atoms with Gasteiger partial charge >= 0.3 is 0 Å². The third kappa shape index (κ3) is 4.81. The molecule has 4 heterocycles. The lowest BCUT2D eigenvalue weighted by molar-refractivity contribution is -0.144. The van der Waals surface area contributed by atoms with Gasteiger partial charge in [-0.2, -0.15) is 0 Å². The summed E-state index contributed by atoms with van der Waals surface area (Å²) in [6, 6.07) is 5.68. The lowest BCUT2D eigenvalue weighted by atomic mass is 9.91. The molecule has 0 spiro atoms. The van der Waals surface area contributed by atoms with Crippen molar-refractivity contribution in [1.82, 2.24) is 24.8 Å². The monoisotopic (exact) mass is 409 g/mol. The minimum Gasteiger partial charge on any atom is -0.363 e. The van der Waals surface area contributed by atoms with Gasteiger partial charge in [-0.05, 0) is 42.9 Å². The van der Waals surface area contributed by atoms with Crippen LogP contribution in [-0.4, -0.2) is 68.9 Å². The van der Waals surface area contributed by atoms with Gasteiger partial charge in [-0.1, -0.05) is 6.07 Å². The van der Waals surface area contributed by atoms with Crippen molar-refractivity contribution >= 4 is 11.8 Å². The van der Waals surface area contributed by atoms with E-state index in [9.17, 15) is 9.59 Å². The van der Waals surface area contributed by atoms with Crippen LogP contribution in [0.2, 0.25) is 0 Å². The zero-order valence-corrected chi connectivity index (χ0v) is 17.2. The number of rotatable bonds is 6. The van der Waals surface area contributed by atoms with Gasteiger partial charge in [0.1, 0.15) is 12.4 Å². The minimum absolute atomic E-state index is 0.0167. The van der Waals surface area contributed by atoms with Crippen molar-refractivity contribution in [2.24, 2.45) is 5.92 Å². The second kappa shape index (κ2) is 9.30. The summed E-state index contributed by atoms with van der Waals surface area (Å²) in [4.78, 5) is 41.3. The zero-order chi connectivity index (χ0) is 20.9. The fraction of sp³-hybridized carbons (Fsp3) is 0.500. The van der Waals surface area contributed by atoms with Crippen LogP contribution in [0.15, 0.2) is 43.1 Å². The van der Waals surface area contributed by atoms with Gasteiger partial charge in [0, 0.05) is 45.1 Å². The number of pyridine rings is 1. The molecule has 2 aliphatic heterocycles. The first-order chi connectivity index (χ1) is 14.6. The standard InChI is InChI=1S/C22H27N5O3/c1-26(13-18-4-2-3-8-25-18)22(29)19-10-17-7-9-27(14-20(17)30-19)21(28)6-5-16-11-23-15-24-12-16/h2-4,8,11-12,15,17,19-20H,5-7,9-10,13-14H2,1H3/t17-,19?,20-/m0/s1. The number of fused-ring (bicyclic) bond motifs is 1. The Bertz CT molecular complexity index is 864. The summed E-state index contributed by atoms with van der Waals surface area (Å²) < 4.78 is 6.10. The molecule has 2 saturated heterocycles. The van der Waals surface area contributed by atoms with E-state index < -0.39 is 6.10 Å².